The summed E-state index contributed by atoms with van der Waals surface area (Å²) in [5, 5.41) is 0.861. The van der Waals surface area contributed by atoms with Gasteiger partial charge in [-0.15, -0.1) is 11.3 Å². The van der Waals surface area contributed by atoms with Crippen LogP contribution in [0.4, 0.5) is 5.69 Å². The third-order valence-electron chi connectivity index (χ3n) is 2.52. The predicted octanol–water partition coefficient (Wildman–Crippen LogP) is 1.97. The molecule has 2 aromatic heterocycles. The number of hydrogen-bond acceptors (Lipinski definition) is 4. The van der Waals surface area contributed by atoms with Gasteiger partial charge < -0.3 is 10.6 Å². The van der Waals surface area contributed by atoms with E-state index in [1.54, 1.807) is 18.1 Å². The molecule has 0 fully saturated rings. The minimum absolute atomic E-state index is 0.0389. The van der Waals surface area contributed by atoms with E-state index in [9.17, 15) is 4.79 Å². The second kappa shape index (κ2) is 4.09. The van der Waals surface area contributed by atoms with Crippen LogP contribution in [0, 0.1) is 0 Å². The minimum atomic E-state index is -0.0389. The van der Waals surface area contributed by atoms with Gasteiger partial charge in [0.1, 0.15) is 9.71 Å². The van der Waals surface area contributed by atoms with Gasteiger partial charge in [-0.2, -0.15) is 0 Å². The third-order valence-corrected chi connectivity index (χ3v) is 3.64. The molecule has 0 aliphatic rings. The van der Waals surface area contributed by atoms with Crippen molar-refractivity contribution >= 4 is 33.1 Å². The van der Waals surface area contributed by atoms with Gasteiger partial charge in [0.15, 0.2) is 0 Å². The van der Waals surface area contributed by atoms with E-state index in [2.05, 4.69) is 4.98 Å². The lowest BCUT2D eigenvalue weighted by Crippen LogP contribution is -2.25. The Hall–Kier alpha value is -1.62. The van der Waals surface area contributed by atoms with Gasteiger partial charge in [-0.25, -0.2) is 4.98 Å². The van der Waals surface area contributed by atoms with Crippen molar-refractivity contribution in [2.24, 2.45) is 0 Å². The Balaban J connectivity index is 2.53. The van der Waals surface area contributed by atoms with Crippen LogP contribution in [0.15, 0.2) is 18.3 Å². The molecule has 2 aromatic rings. The molecule has 2 heterocycles. The molecule has 0 unspecified atom stereocenters. The molecule has 0 saturated heterocycles. The number of nitrogen functional groups attached to an aromatic ring is 1. The van der Waals surface area contributed by atoms with Gasteiger partial charge in [0.25, 0.3) is 5.91 Å². The topological polar surface area (TPSA) is 59.2 Å². The lowest BCUT2D eigenvalue weighted by Gasteiger charge is -2.13. The number of thiophene rings is 1. The normalized spacial score (nSPS) is 10.6. The van der Waals surface area contributed by atoms with Crippen LogP contribution >= 0.6 is 11.3 Å². The first-order valence-electron chi connectivity index (χ1n) is 5.03. The van der Waals surface area contributed by atoms with Crippen LogP contribution < -0.4 is 5.73 Å². The highest BCUT2D eigenvalue weighted by Crippen LogP contribution is 2.32. The standard InChI is InChI=1S/C11H13N3OS/c1-3-14(2)11(15)9-8(12)7-5-4-6-13-10(7)16-9/h4-6H,3,12H2,1-2H3. The molecule has 2 rings (SSSR count). The molecule has 0 saturated carbocycles. The number of fused-ring (bicyclic) bond motifs is 1. The summed E-state index contributed by atoms with van der Waals surface area (Å²) in [5.74, 6) is -0.0389. The van der Waals surface area contributed by atoms with Gasteiger partial charge in [-0.3, -0.25) is 4.79 Å². The Morgan fingerprint density at radius 3 is 3.00 bits per heavy atom. The van der Waals surface area contributed by atoms with Crippen molar-refractivity contribution in [3.63, 3.8) is 0 Å². The summed E-state index contributed by atoms with van der Waals surface area (Å²) in [6.45, 7) is 2.60. The van der Waals surface area contributed by atoms with Crippen LogP contribution in [0.1, 0.15) is 16.6 Å². The fraction of sp³-hybridized carbons (Fsp3) is 0.273. The summed E-state index contributed by atoms with van der Waals surface area (Å²) in [6, 6.07) is 3.71. The SMILES string of the molecule is CCN(C)C(=O)c1sc2ncccc2c1N. The average Bonchev–Trinajstić information content (AvgIpc) is 2.65. The van der Waals surface area contributed by atoms with Gasteiger partial charge in [0.2, 0.25) is 0 Å². The van der Waals surface area contributed by atoms with E-state index >= 15 is 0 Å². The Morgan fingerprint density at radius 2 is 2.38 bits per heavy atom. The number of carbonyl (C=O) groups is 1. The second-order valence-electron chi connectivity index (χ2n) is 3.52. The quantitative estimate of drug-likeness (QED) is 0.865. The Bertz CT molecular complexity index is 535. The van der Waals surface area contributed by atoms with E-state index in [0.29, 0.717) is 17.1 Å². The van der Waals surface area contributed by atoms with Crippen LogP contribution in [-0.4, -0.2) is 29.4 Å². The molecule has 2 N–H and O–H groups in total. The van der Waals surface area contributed by atoms with Crippen LogP contribution in [0.25, 0.3) is 10.2 Å². The van der Waals surface area contributed by atoms with Crippen LogP contribution in [0.3, 0.4) is 0 Å². The first kappa shape index (κ1) is 10.9. The zero-order valence-corrected chi connectivity index (χ0v) is 10.0. The molecule has 16 heavy (non-hydrogen) atoms. The number of amides is 1. The van der Waals surface area contributed by atoms with Gasteiger partial charge in [-0.05, 0) is 19.1 Å². The monoisotopic (exact) mass is 235 g/mol. The molecule has 0 aromatic carbocycles. The molecule has 0 radical (unpaired) electrons. The molecule has 0 atom stereocenters. The van der Waals surface area contributed by atoms with Gasteiger partial charge in [0, 0.05) is 25.2 Å². The maximum Gasteiger partial charge on any atom is 0.265 e. The summed E-state index contributed by atoms with van der Waals surface area (Å²) in [7, 11) is 1.76. The highest BCUT2D eigenvalue weighted by Gasteiger charge is 2.18. The number of carbonyl (C=O) groups excluding carboxylic acids is 1. The molecule has 4 nitrogen and oxygen atoms in total. The first-order valence-corrected chi connectivity index (χ1v) is 5.85. The zero-order valence-electron chi connectivity index (χ0n) is 9.23. The molecule has 0 aliphatic carbocycles. The lowest BCUT2D eigenvalue weighted by molar-refractivity contribution is 0.0808. The number of nitrogens with zero attached hydrogens (tertiary/aromatic N) is 2. The van der Waals surface area contributed by atoms with Crippen LogP contribution in [0.5, 0.6) is 0 Å². The van der Waals surface area contributed by atoms with Crippen molar-refractivity contribution in [3.05, 3.63) is 23.2 Å². The summed E-state index contributed by atoms with van der Waals surface area (Å²) < 4.78 is 0. The highest BCUT2D eigenvalue weighted by molar-refractivity contribution is 7.21. The zero-order chi connectivity index (χ0) is 11.7. The van der Waals surface area contributed by atoms with E-state index in [1.165, 1.54) is 11.3 Å². The van der Waals surface area contributed by atoms with Gasteiger partial charge >= 0.3 is 0 Å². The van der Waals surface area contributed by atoms with Crippen molar-refractivity contribution in [1.82, 2.24) is 9.88 Å². The summed E-state index contributed by atoms with van der Waals surface area (Å²) in [4.78, 5) is 19.2. The number of anilines is 1. The van der Waals surface area contributed by atoms with Crippen molar-refractivity contribution < 1.29 is 4.79 Å². The number of pyridine rings is 1. The van der Waals surface area contributed by atoms with Crippen LogP contribution in [-0.2, 0) is 0 Å². The van der Waals surface area contributed by atoms with Crippen molar-refractivity contribution in [3.8, 4) is 0 Å². The summed E-state index contributed by atoms with van der Waals surface area (Å²) in [6.07, 6.45) is 1.70. The molecular weight excluding hydrogens is 222 g/mol. The van der Waals surface area contributed by atoms with Crippen molar-refractivity contribution in [2.75, 3.05) is 19.3 Å². The maximum absolute atomic E-state index is 12.0. The highest BCUT2D eigenvalue weighted by atomic mass is 32.1. The minimum Gasteiger partial charge on any atom is -0.397 e. The number of nitrogens with two attached hydrogens (primary N) is 1. The van der Waals surface area contributed by atoms with Crippen molar-refractivity contribution in [1.29, 1.82) is 0 Å². The van der Waals surface area contributed by atoms with Gasteiger partial charge in [0.05, 0.1) is 5.69 Å². The average molecular weight is 235 g/mol. The van der Waals surface area contributed by atoms with E-state index in [-0.39, 0.29) is 5.91 Å². The van der Waals surface area contributed by atoms with Gasteiger partial charge in [-0.1, -0.05) is 0 Å². The molecule has 1 amide bonds. The number of hydrogen-bond donors (Lipinski definition) is 1. The Kier molecular flexibility index (Phi) is 2.78. The molecule has 0 aliphatic heterocycles. The Labute approximate surface area is 97.7 Å². The predicted molar refractivity (Wildman–Crippen MR) is 66.7 cm³/mol. The maximum atomic E-state index is 12.0. The second-order valence-corrected chi connectivity index (χ2v) is 4.52. The number of aromatic nitrogens is 1. The number of rotatable bonds is 2. The first-order chi connectivity index (χ1) is 7.65. The van der Waals surface area contributed by atoms with E-state index in [4.69, 9.17) is 5.73 Å². The molecule has 84 valence electrons. The largest absolute Gasteiger partial charge is 0.397 e. The summed E-state index contributed by atoms with van der Waals surface area (Å²) >= 11 is 1.35. The molecule has 5 heteroatoms. The van der Waals surface area contributed by atoms with Crippen molar-refractivity contribution in [2.45, 2.75) is 6.92 Å². The van der Waals surface area contributed by atoms with E-state index in [0.717, 1.165) is 10.2 Å². The van der Waals surface area contributed by atoms with E-state index in [1.807, 2.05) is 19.1 Å². The Morgan fingerprint density at radius 1 is 1.62 bits per heavy atom. The van der Waals surface area contributed by atoms with Crippen LogP contribution in [0.2, 0.25) is 0 Å². The molecule has 0 spiro atoms. The lowest BCUT2D eigenvalue weighted by atomic mass is 10.2. The summed E-state index contributed by atoms with van der Waals surface area (Å²) in [5.41, 5.74) is 6.50. The third kappa shape index (κ3) is 1.63. The van der Waals surface area contributed by atoms with E-state index < -0.39 is 0 Å². The fourth-order valence-corrected chi connectivity index (χ4v) is 2.48. The molecular formula is C11H13N3OS. The smallest absolute Gasteiger partial charge is 0.265 e. The fourth-order valence-electron chi connectivity index (χ4n) is 1.43. The molecule has 0 bridgehead atoms.